The molecule has 0 aliphatic carbocycles. The van der Waals surface area contributed by atoms with Gasteiger partial charge in [-0.3, -0.25) is 10.1 Å². The van der Waals surface area contributed by atoms with Gasteiger partial charge in [0.15, 0.2) is 11.6 Å². The van der Waals surface area contributed by atoms with E-state index < -0.39 is 18.0 Å². The van der Waals surface area contributed by atoms with Gasteiger partial charge in [-0.05, 0) is 45.0 Å². The summed E-state index contributed by atoms with van der Waals surface area (Å²) in [6.45, 7) is 7.31. The molecule has 4 aromatic rings. The van der Waals surface area contributed by atoms with Gasteiger partial charge in [0.1, 0.15) is 17.5 Å². The van der Waals surface area contributed by atoms with Gasteiger partial charge in [-0.1, -0.05) is 23.2 Å². The van der Waals surface area contributed by atoms with Crippen molar-refractivity contribution >= 4 is 39.9 Å². The second-order valence-electron chi connectivity index (χ2n) is 9.73. The lowest BCUT2D eigenvalue weighted by Crippen LogP contribution is -2.68. The quantitative estimate of drug-likeness (QED) is 0.282. The maximum absolute atomic E-state index is 15.1. The highest BCUT2D eigenvalue weighted by atomic mass is 35.5. The Balaban J connectivity index is 1.35. The van der Waals surface area contributed by atoms with E-state index in [0.29, 0.717) is 58.1 Å². The molecule has 0 radical (unpaired) electrons. The van der Waals surface area contributed by atoms with Crippen LogP contribution >= 0.6 is 23.2 Å². The molecular formula is C26H27Cl2FN6O2. The SMILES string of the molecule is C[C@@H](O)CNC1(C)CN(c2ncc(-c3n[nH]c4ccc(O[C@H](C)c5c(Cl)cncc5Cl)cc34)cc2F)C1. The number of pyridine rings is 2. The fraction of sp³-hybridized carbons (Fsp3) is 0.346. The van der Waals surface area contributed by atoms with Crippen molar-refractivity contribution in [3.63, 3.8) is 0 Å². The van der Waals surface area contributed by atoms with Crippen molar-refractivity contribution < 1.29 is 14.2 Å². The monoisotopic (exact) mass is 544 g/mol. The molecule has 1 aromatic carbocycles. The molecule has 0 unspecified atom stereocenters. The van der Waals surface area contributed by atoms with Crippen molar-refractivity contribution in [2.45, 2.75) is 38.5 Å². The number of aromatic amines is 1. The second-order valence-corrected chi connectivity index (χ2v) is 10.5. The predicted molar refractivity (Wildman–Crippen MR) is 143 cm³/mol. The Labute approximate surface area is 223 Å². The summed E-state index contributed by atoms with van der Waals surface area (Å²) in [7, 11) is 0. The smallest absolute Gasteiger partial charge is 0.166 e. The van der Waals surface area contributed by atoms with Crippen molar-refractivity contribution in [1.29, 1.82) is 0 Å². The number of hydrogen-bond acceptors (Lipinski definition) is 7. The lowest BCUT2D eigenvalue weighted by Gasteiger charge is -2.49. The van der Waals surface area contributed by atoms with Crippen LogP contribution in [0.15, 0.2) is 42.9 Å². The van der Waals surface area contributed by atoms with Crippen LogP contribution in [0.4, 0.5) is 10.2 Å². The number of H-pyrrole nitrogens is 1. The Morgan fingerprint density at radius 2 is 1.92 bits per heavy atom. The molecule has 37 heavy (non-hydrogen) atoms. The summed E-state index contributed by atoms with van der Waals surface area (Å²) in [5.74, 6) is 0.458. The molecule has 0 bridgehead atoms. The van der Waals surface area contributed by atoms with E-state index in [9.17, 15) is 5.11 Å². The number of anilines is 1. The van der Waals surface area contributed by atoms with Crippen LogP contribution in [0.25, 0.3) is 22.2 Å². The van der Waals surface area contributed by atoms with Crippen molar-refractivity contribution in [3.8, 4) is 17.0 Å². The number of nitrogens with one attached hydrogen (secondary N) is 2. The van der Waals surface area contributed by atoms with Crippen LogP contribution in [0.2, 0.25) is 10.0 Å². The van der Waals surface area contributed by atoms with E-state index in [0.717, 1.165) is 10.9 Å². The van der Waals surface area contributed by atoms with E-state index in [-0.39, 0.29) is 5.54 Å². The molecule has 5 rings (SSSR count). The van der Waals surface area contributed by atoms with Gasteiger partial charge in [0, 0.05) is 54.7 Å². The minimum absolute atomic E-state index is 0.194. The predicted octanol–water partition coefficient (Wildman–Crippen LogP) is 5.15. The van der Waals surface area contributed by atoms with E-state index in [2.05, 4.69) is 25.5 Å². The van der Waals surface area contributed by atoms with Crippen LogP contribution in [0.3, 0.4) is 0 Å². The molecule has 194 valence electrons. The Morgan fingerprint density at radius 3 is 2.59 bits per heavy atom. The first-order valence-corrected chi connectivity index (χ1v) is 12.7. The van der Waals surface area contributed by atoms with Gasteiger partial charge in [-0.15, -0.1) is 0 Å². The number of aromatic nitrogens is 4. The number of ether oxygens (including phenoxy) is 1. The summed E-state index contributed by atoms with van der Waals surface area (Å²) < 4.78 is 21.3. The van der Waals surface area contributed by atoms with E-state index >= 15 is 4.39 Å². The molecule has 2 atom stereocenters. The highest BCUT2D eigenvalue weighted by molar-refractivity contribution is 6.35. The van der Waals surface area contributed by atoms with Crippen LogP contribution in [0.5, 0.6) is 5.75 Å². The molecule has 11 heteroatoms. The molecular weight excluding hydrogens is 518 g/mol. The number of rotatable bonds is 8. The Hall–Kier alpha value is -2.98. The molecule has 4 heterocycles. The Morgan fingerprint density at radius 1 is 1.19 bits per heavy atom. The molecule has 1 fully saturated rings. The van der Waals surface area contributed by atoms with Crippen molar-refractivity contribution in [3.05, 3.63) is 64.3 Å². The van der Waals surface area contributed by atoms with Crippen molar-refractivity contribution in [1.82, 2.24) is 25.5 Å². The number of hydrogen-bond donors (Lipinski definition) is 3. The molecule has 3 aromatic heterocycles. The fourth-order valence-corrected chi connectivity index (χ4v) is 5.28. The molecule has 1 aliphatic heterocycles. The highest BCUT2D eigenvalue weighted by Crippen LogP contribution is 2.36. The number of benzene rings is 1. The summed E-state index contributed by atoms with van der Waals surface area (Å²) in [5, 5.41) is 21.8. The number of β-amino-alcohol motifs (C(OH)–C–C–N with tert-alkyl or cyclic N) is 1. The standard InChI is InChI=1S/C26H27Cl2FN6O2/c1-14(36)8-32-26(3)12-35(13-26)25-21(29)6-16(9-31-25)24-18-7-17(4-5-22(18)33-34-24)37-15(2)23-19(27)10-30-11-20(23)28/h4-7,9-11,14-15,32,36H,8,12-13H2,1-3H3,(H,33,34)/t14-,15-/m1/s1. The first-order valence-electron chi connectivity index (χ1n) is 11.9. The first kappa shape index (κ1) is 25.7. The average molecular weight is 545 g/mol. The lowest BCUT2D eigenvalue weighted by molar-refractivity contribution is 0.163. The highest BCUT2D eigenvalue weighted by Gasteiger charge is 2.40. The zero-order valence-corrected chi connectivity index (χ0v) is 22.1. The topological polar surface area (TPSA) is 99.2 Å². The number of aliphatic hydroxyl groups excluding tert-OH is 1. The summed E-state index contributed by atoms with van der Waals surface area (Å²) >= 11 is 12.6. The summed E-state index contributed by atoms with van der Waals surface area (Å²) in [6, 6.07) is 6.96. The molecule has 8 nitrogen and oxygen atoms in total. The third-order valence-electron chi connectivity index (χ3n) is 6.44. The molecule has 1 aliphatic rings. The van der Waals surface area contributed by atoms with Crippen LogP contribution in [-0.4, -0.2) is 56.5 Å². The Kier molecular flexibility index (Phi) is 6.97. The summed E-state index contributed by atoms with van der Waals surface area (Å²) in [5.41, 5.74) is 2.35. The zero-order chi connectivity index (χ0) is 26.3. The maximum Gasteiger partial charge on any atom is 0.166 e. The molecule has 0 amide bonds. The van der Waals surface area contributed by atoms with E-state index in [4.69, 9.17) is 27.9 Å². The third kappa shape index (κ3) is 5.22. The third-order valence-corrected chi connectivity index (χ3v) is 7.05. The Bertz CT molecular complexity index is 1420. The van der Waals surface area contributed by atoms with Crippen LogP contribution < -0.4 is 15.0 Å². The molecule has 0 spiro atoms. The normalized spacial score (nSPS) is 16.5. The van der Waals surface area contributed by atoms with Crippen LogP contribution in [0.1, 0.15) is 32.4 Å². The van der Waals surface area contributed by atoms with Gasteiger partial charge < -0.3 is 20.1 Å². The van der Waals surface area contributed by atoms with E-state index in [1.165, 1.54) is 18.5 Å². The van der Waals surface area contributed by atoms with Gasteiger partial charge in [-0.2, -0.15) is 5.10 Å². The molecule has 1 saturated heterocycles. The first-order chi connectivity index (χ1) is 17.6. The average Bonchev–Trinajstić information content (AvgIpc) is 3.24. The van der Waals surface area contributed by atoms with Gasteiger partial charge in [0.2, 0.25) is 0 Å². The van der Waals surface area contributed by atoms with Gasteiger partial charge in [0.25, 0.3) is 0 Å². The van der Waals surface area contributed by atoms with Crippen LogP contribution in [-0.2, 0) is 0 Å². The number of halogens is 3. The van der Waals surface area contributed by atoms with E-state index in [1.54, 1.807) is 13.1 Å². The summed E-state index contributed by atoms with van der Waals surface area (Å²) in [6.07, 6.45) is 3.81. The minimum atomic E-state index is -0.441. The minimum Gasteiger partial charge on any atom is -0.486 e. The van der Waals surface area contributed by atoms with E-state index in [1.807, 2.05) is 36.9 Å². The number of aliphatic hydroxyl groups is 1. The largest absolute Gasteiger partial charge is 0.486 e. The summed E-state index contributed by atoms with van der Waals surface area (Å²) in [4.78, 5) is 10.3. The second kappa shape index (κ2) is 10.1. The molecule has 3 N–H and O–H groups in total. The van der Waals surface area contributed by atoms with Gasteiger partial charge in [-0.25, -0.2) is 9.37 Å². The number of fused-ring (bicyclic) bond motifs is 1. The zero-order valence-electron chi connectivity index (χ0n) is 20.6. The number of nitrogens with zero attached hydrogens (tertiary/aromatic N) is 4. The van der Waals surface area contributed by atoms with Gasteiger partial charge >= 0.3 is 0 Å². The molecule has 0 saturated carbocycles. The van der Waals surface area contributed by atoms with Gasteiger partial charge in [0.05, 0.1) is 27.2 Å². The maximum atomic E-state index is 15.1. The van der Waals surface area contributed by atoms with Crippen molar-refractivity contribution in [2.24, 2.45) is 0 Å². The van der Waals surface area contributed by atoms with Crippen molar-refractivity contribution in [2.75, 3.05) is 24.5 Å². The fourth-order valence-electron chi connectivity index (χ4n) is 4.60. The van der Waals surface area contributed by atoms with Crippen LogP contribution in [0, 0.1) is 5.82 Å². The lowest BCUT2D eigenvalue weighted by atomic mass is 9.92.